The molecule has 2 aromatic rings. The molecule has 0 bridgehead atoms. The molecule has 0 radical (unpaired) electrons. The van der Waals surface area contributed by atoms with Crippen LogP contribution in [0.4, 0.5) is 5.69 Å². The lowest BCUT2D eigenvalue weighted by molar-refractivity contribution is 0.339. The molecule has 0 aliphatic rings. The molecule has 2 aromatic carbocycles. The molecule has 3 nitrogen and oxygen atoms in total. The molecule has 0 aromatic heterocycles. The summed E-state index contributed by atoms with van der Waals surface area (Å²) < 4.78 is 5.46. The number of hydrogen-bond acceptors (Lipinski definition) is 4. The molecule has 0 atom stereocenters. The van der Waals surface area contributed by atoms with Crippen LogP contribution in [0.15, 0.2) is 47.4 Å². The molecule has 3 N–H and O–H groups in total. The second kappa shape index (κ2) is 6.38. The van der Waals surface area contributed by atoms with Gasteiger partial charge in [-0.05, 0) is 42.8 Å². The van der Waals surface area contributed by atoms with Gasteiger partial charge in [-0.15, -0.1) is 11.8 Å². The largest absolute Gasteiger partial charge is 0.508 e. The van der Waals surface area contributed by atoms with Gasteiger partial charge in [-0.2, -0.15) is 0 Å². The first-order valence-corrected chi connectivity index (χ1v) is 7.10. The van der Waals surface area contributed by atoms with Gasteiger partial charge in [-0.1, -0.05) is 12.1 Å². The Labute approximate surface area is 117 Å². The standard InChI is InChI=1S/C15H17NO2S/c1-2-18-13-6-7-14(16)15(9-13)19-10-11-4-3-5-12(17)8-11/h3-9,17H,2,10,16H2,1H3. The zero-order chi connectivity index (χ0) is 13.7. The number of phenols is 1. The van der Waals surface area contributed by atoms with E-state index in [2.05, 4.69) is 0 Å². The molecule has 4 heteroatoms. The van der Waals surface area contributed by atoms with Gasteiger partial charge in [0.15, 0.2) is 0 Å². The predicted octanol–water partition coefficient (Wildman–Crippen LogP) is 3.67. The smallest absolute Gasteiger partial charge is 0.120 e. The first kappa shape index (κ1) is 13.6. The zero-order valence-electron chi connectivity index (χ0n) is 10.8. The SMILES string of the molecule is CCOc1ccc(N)c(SCc2cccc(O)c2)c1. The number of hydrogen-bond donors (Lipinski definition) is 2. The number of rotatable bonds is 5. The van der Waals surface area contributed by atoms with Crippen molar-refractivity contribution in [2.45, 2.75) is 17.6 Å². The highest BCUT2D eigenvalue weighted by molar-refractivity contribution is 7.98. The highest BCUT2D eigenvalue weighted by Gasteiger charge is 2.04. The molecule has 0 amide bonds. The quantitative estimate of drug-likeness (QED) is 0.646. The second-order valence-corrected chi connectivity index (χ2v) is 5.11. The average molecular weight is 275 g/mol. The van der Waals surface area contributed by atoms with Gasteiger partial charge in [-0.3, -0.25) is 0 Å². The van der Waals surface area contributed by atoms with E-state index in [0.717, 1.165) is 27.6 Å². The highest BCUT2D eigenvalue weighted by atomic mass is 32.2. The van der Waals surface area contributed by atoms with E-state index in [4.69, 9.17) is 10.5 Å². The number of thioether (sulfide) groups is 1. The lowest BCUT2D eigenvalue weighted by Gasteiger charge is -2.09. The second-order valence-electron chi connectivity index (χ2n) is 4.09. The van der Waals surface area contributed by atoms with E-state index in [0.29, 0.717) is 6.61 Å². The Balaban J connectivity index is 2.08. The lowest BCUT2D eigenvalue weighted by Crippen LogP contribution is -1.94. The van der Waals surface area contributed by atoms with Crippen molar-refractivity contribution >= 4 is 17.4 Å². The van der Waals surface area contributed by atoms with Crippen LogP contribution in [0.2, 0.25) is 0 Å². The minimum Gasteiger partial charge on any atom is -0.508 e. The Morgan fingerprint density at radius 2 is 2.05 bits per heavy atom. The molecule has 0 aliphatic heterocycles. The fourth-order valence-corrected chi connectivity index (χ4v) is 2.64. The summed E-state index contributed by atoms with van der Waals surface area (Å²) in [6, 6.07) is 12.9. The topological polar surface area (TPSA) is 55.5 Å². The number of anilines is 1. The minimum atomic E-state index is 0.286. The Morgan fingerprint density at radius 1 is 1.21 bits per heavy atom. The van der Waals surface area contributed by atoms with Crippen LogP contribution in [-0.4, -0.2) is 11.7 Å². The molecule has 0 heterocycles. The van der Waals surface area contributed by atoms with Crippen molar-refractivity contribution in [1.29, 1.82) is 0 Å². The third-order valence-corrected chi connectivity index (χ3v) is 3.74. The fourth-order valence-electron chi connectivity index (χ4n) is 1.70. The van der Waals surface area contributed by atoms with Crippen LogP contribution in [0.25, 0.3) is 0 Å². The van der Waals surface area contributed by atoms with Crippen LogP contribution in [0.3, 0.4) is 0 Å². The van der Waals surface area contributed by atoms with Crippen molar-refractivity contribution in [2.75, 3.05) is 12.3 Å². The van der Waals surface area contributed by atoms with Crippen molar-refractivity contribution in [1.82, 2.24) is 0 Å². The Bertz CT molecular complexity index is 558. The summed E-state index contributed by atoms with van der Waals surface area (Å²) in [5.74, 6) is 1.87. The summed E-state index contributed by atoms with van der Waals surface area (Å²) in [6.07, 6.45) is 0. The van der Waals surface area contributed by atoms with Crippen molar-refractivity contribution in [3.05, 3.63) is 48.0 Å². The number of ether oxygens (including phenoxy) is 1. The fraction of sp³-hybridized carbons (Fsp3) is 0.200. The molecular formula is C15H17NO2S. The minimum absolute atomic E-state index is 0.286. The van der Waals surface area contributed by atoms with Gasteiger partial charge in [0.25, 0.3) is 0 Å². The van der Waals surface area contributed by atoms with Crippen LogP contribution in [0, 0.1) is 0 Å². The van der Waals surface area contributed by atoms with Crippen LogP contribution in [0.1, 0.15) is 12.5 Å². The highest BCUT2D eigenvalue weighted by Crippen LogP contribution is 2.32. The number of phenolic OH excluding ortho intramolecular Hbond substituents is 1. The third-order valence-electron chi connectivity index (χ3n) is 2.60. The van der Waals surface area contributed by atoms with Crippen LogP contribution in [-0.2, 0) is 5.75 Å². The maximum atomic E-state index is 9.42. The maximum absolute atomic E-state index is 9.42. The average Bonchev–Trinajstić information content (AvgIpc) is 2.40. The van der Waals surface area contributed by atoms with Gasteiger partial charge in [-0.25, -0.2) is 0 Å². The van der Waals surface area contributed by atoms with E-state index in [1.165, 1.54) is 0 Å². The van der Waals surface area contributed by atoms with E-state index >= 15 is 0 Å². The number of aromatic hydroxyl groups is 1. The van der Waals surface area contributed by atoms with Gasteiger partial charge < -0.3 is 15.6 Å². The summed E-state index contributed by atoms with van der Waals surface area (Å²) in [5.41, 5.74) is 7.76. The molecule has 0 fully saturated rings. The first-order chi connectivity index (χ1) is 9.19. The van der Waals surface area contributed by atoms with E-state index in [1.54, 1.807) is 23.9 Å². The van der Waals surface area contributed by atoms with Crippen molar-refractivity contribution in [3.8, 4) is 11.5 Å². The lowest BCUT2D eigenvalue weighted by atomic mass is 10.2. The van der Waals surface area contributed by atoms with Crippen LogP contribution in [0.5, 0.6) is 11.5 Å². The Morgan fingerprint density at radius 3 is 2.79 bits per heavy atom. The zero-order valence-corrected chi connectivity index (χ0v) is 11.6. The monoisotopic (exact) mass is 275 g/mol. The summed E-state index contributed by atoms with van der Waals surface area (Å²) in [7, 11) is 0. The summed E-state index contributed by atoms with van der Waals surface area (Å²) in [4.78, 5) is 0.995. The number of benzene rings is 2. The van der Waals surface area contributed by atoms with Gasteiger partial charge in [0, 0.05) is 16.3 Å². The van der Waals surface area contributed by atoms with E-state index in [1.807, 2.05) is 37.3 Å². The summed E-state index contributed by atoms with van der Waals surface area (Å²) >= 11 is 1.63. The van der Waals surface area contributed by atoms with Gasteiger partial charge >= 0.3 is 0 Å². The number of nitrogens with two attached hydrogens (primary N) is 1. The summed E-state index contributed by atoms with van der Waals surface area (Å²) in [5, 5.41) is 9.42. The first-order valence-electron chi connectivity index (χ1n) is 6.12. The normalized spacial score (nSPS) is 10.4. The molecule has 0 unspecified atom stereocenters. The maximum Gasteiger partial charge on any atom is 0.120 e. The molecule has 100 valence electrons. The van der Waals surface area contributed by atoms with Crippen molar-refractivity contribution in [2.24, 2.45) is 0 Å². The predicted molar refractivity (Wildman–Crippen MR) is 79.7 cm³/mol. The molecular weight excluding hydrogens is 258 g/mol. The Kier molecular flexibility index (Phi) is 4.58. The van der Waals surface area contributed by atoms with Crippen molar-refractivity contribution in [3.63, 3.8) is 0 Å². The Hall–Kier alpha value is -1.81. The summed E-state index contributed by atoms with van der Waals surface area (Å²) in [6.45, 7) is 2.59. The molecule has 0 spiro atoms. The third kappa shape index (κ3) is 3.83. The number of nitrogen functional groups attached to an aromatic ring is 1. The van der Waals surface area contributed by atoms with E-state index < -0.39 is 0 Å². The molecule has 0 saturated heterocycles. The van der Waals surface area contributed by atoms with E-state index in [9.17, 15) is 5.11 Å². The molecule has 0 saturated carbocycles. The van der Waals surface area contributed by atoms with Crippen LogP contribution >= 0.6 is 11.8 Å². The molecule has 19 heavy (non-hydrogen) atoms. The van der Waals surface area contributed by atoms with Gasteiger partial charge in [0.1, 0.15) is 11.5 Å². The van der Waals surface area contributed by atoms with Crippen molar-refractivity contribution < 1.29 is 9.84 Å². The molecule has 0 aliphatic carbocycles. The van der Waals surface area contributed by atoms with Crippen LogP contribution < -0.4 is 10.5 Å². The molecule has 2 rings (SSSR count). The van der Waals surface area contributed by atoms with Gasteiger partial charge in [0.05, 0.1) is 6.61 Å². The van der Waals surface area contributed by atoms with E-state index in [-0.39, 0.29) is 5.75 Å². The van der Waals surface area contributed by atoms with Gasteiger partial charge in [0.2, 0.25) is 0 Å².